The molecule has 11 heterocycles. The highest BCUT2D eigenvalue weighted by Gasteiger charge is 2.49. The summed E-state index contributed by atoms with van der Waals surface area (Å²) in [5.74, 6) is -2.87. The number of aryl methyl sites for hydroxylation is 1. The quantitative estimate of drug-likeness (QED) is 0.0886. The molecule has 0 unspecified atom stereocenters. The Morgan fingerprint density at radius 2 is 0.762 bits per heavy atom. The molecule has 122 heavy (non-hydrogen) atoms. The average Bonchev–Trinajstić information content (AvgIpc) is 1.12. The molecular weight excluding hydrogens is 1630 g/mol. The molecule has 7 amide bonds. The molecular formula is C84H87F14N15O9. The van der Waals surface area contributed by atoms with Crippen molar-refractivity contribution in [2.24, 2.45) is 7.05 Å². The van der Waals surface area contributed by atoms with E-state index in [-0.39, 0.29) is 153 Å². The largest absolute Gasteiger partial charge is 0.416 e. The molecule has 5 aromatic carbocycles. The second kappa shape index (κ2) is 34.7. The second-order valence-electron chi connectivity index (χ2n) is 31.5. The number of hydrogen-bond donors (Lipinski definition) is 5. The molecule has 0 radical (unpaired) electrons. The number of carbonyl (C=O) groups is 7. The maximum Gasteiger partial charge on any atom is 0.416 e. The Bertz CT molecular complexity index is 5250. The smallest absolute Gasteiger partial charge is 0.385 e. The average molecular weight is 1720 g/mol. The molecule has 38 heteroatoms. The number of nitrogens with one attached hydrogen (secondary N) is 3. The molecule has 24 nitrogen and oxygen atoms in total. The van der Waals surface area contributed by atoms with Crippen LogP contribution in [0.1, 0.15) is 198 Å². The van der Waals surface area contributed by atoms with Crippen molar-refractivity contribution in [2.45, 2.75) is 159 Å². The van der Waals surface area contributed by atoms with Crippen LogP contribution in [0.15, 0.2) is 115 Å². The maximum atomic E-state index is 15.6. The number of amides is 7. The summed E-state index contributed by atoms with van der Waals surface area (Å²) >= 11 is 0. The predicted octanol–water partition coefficient (Wildman–Crippen LogP) is 13.1. The van der Waals surface area contributed by atoms with E-state index in [4.69, 9.17) is 0 Å². The van der Waals surface area contributed by atoms with Crippen molar-refractivity contribution in [2.75, 3.05) is 72.0 Å². The number of nitrogens with zero attached hydrogens (tertiary/aromatic N) is 12. The number of hydrogen-bond acceptors (Lipinski definition) is 13. The summed E-state index contributed by atoms with van der Waals surface area (Å²) in [6.07, 6.45) is -16.5. The summed E-state index contributed by atoms with van der Waals surface area (Å²) in [5.41, 5.74) is -3.40. The first-order valence-electron chi connectivity index (χ1n) is 39.6. The molecule has 16 rings (SSSR count). The van der Waals surface area contributed by atoms with Crippen LogP contribution in [-0.2, 0) is 102 Å². The molecule has 0 aliphatic carbocycles. The number of benzene rings is 5. The molecule has 9 aromatic rings. The summed E-state index contributed by atoms with van der Waals surface area (Å²) in [6.45, 7) is 7.94. The molecule has 4 saturated heterocycles. The van der Waals surface area contributed by atoms with Gasteiger partial charge in [-0.3, -0.25) is 53.5 Å². The fourth-order valence-electron chi connectivity index (χ4n) is 17.2. The first-order valence-corrected chi connectivity index (χ1v) is 39.6. The van der Waals surface area contributed by atoms with Gasteiger partial charge in [0, 0.05) is 178 Å². The van der Waals surface area contributed by atoms with Gasteiger partial charge in [-0.05, 0) is 104 Å². The number of aromatic amines is 3. The molecule has 0 saturated carbocycles. The minimum Gasteiger partial charge on any atom is -0.385 e. The van der Waals surface area contributed by atoms with E-state index in [1.165, 1.54) is 91.2 Å². The number of alkyl halides is 13. The van der Waals surface area contributed by atoms with Gasteiger partial charge in [-0.25, -0.2) is 8.78 Å². The minimum absolute atomic E-state index is 0.0159. The topological polar surface area (TPSA) is 286 Å². The Labute approximate surface area is 689 Å². The molecule has 5 N–H and O–H groups in total. The third-order valence-electron chi connectivity index (χ3n) is 24.0. The molecule has 650 valence electrons. The number of H-pyrrole nitrogens is 3. The number of fused-ring (bicyclic) bond motifs is 4. The number of aliphatic hydroxyl groups is 2. The van der Waals surface area contributed by atoms with Gasteiger partial charge in [0.1, 0.15) is 11.5 Å². The van der Waals surface area contributed by atoms with E-state index in [1.807, 2.05) is 24.3 Å². The zero-order chi connectivity index (χ0) is 87.9. The third-order valence-corrected chi connectivity index (χ3v) is 24.0. The lowest BCUT2D eigenvalue weighted by Crippen LogP contribution is -2.46. The number of likely N-dealkylation sites (tertiary alicyclic amines) is 4. The van der Waals surface area contributed by atoms with Crippen LogP contribution in [0.25, 0.3) is 10.9 Å². The second-order valence-corrected chi connectivity index (χ2v) is 31.5. The van der Waals surface area contributed by atoms with E-state index < -0.39 is 81.5 Å². The van der Waals surface area contributed by atoms with Crippen LogP contribution in [0.5, 0.6) is 0 Å². The fourth-order valence-corrected chi connectivity index (χ4v) is 17.2. The van der Waals surface area contributed by atoms with Gasteiger partial charge >= 0.3 is 24.7 Å². The van der Waals surface area contributed by atoms with Crippen molar-refractivity contribution in [1.29, 1.82) is 0 Å². The number of halogens is 14. The van der Waals surface area contributed by atoms with Crippen LogP contribution in [0.4, 0.5) is 61.5 Å². The van der Waals surface area contributed by atoms with Gasteiger partial charge in [0.05, 0.1) is 51.2 Å². The van der Waals surface area contributed by atoms with E-state index in [9.17, 15) is 101 Å². The van der Waals surface area contributed by atoms with Crippen LogP contribution >= 0.6 is 0 Å². The summed E-state index contributed by atoms with van der Waals surface area (Å²) in [6, 6.07) is 24.9. The first kappa shape index (κ1) is 88.2. The maximum absolute atomic E-state index is 15.6. The van der Waals surface area contributed by atoms with Crippen molar-refractivity contribution >= 4 is 52.3 Å². The van der Waals surface area contributed by atoms with Crippen LogP contribution in [0, 0.1) is 5.82 Å². The molecule has 7 aliphatic heterocycles. The lowest BCUT2D eigenvalue weighted by molar-refractivity contribution is -0.142. The van der Waals surface area contributed by atoms with Crippen molar-refractivity contribution in [3.8, 4) is 0 Å². The highest BCUT2D eigenvalue weighted by Crippen LogP contribution is 2.47. The van der Waals surface area contributed by atoms with Crippen molar-refractivity contribution in [3.05, 3.63) is 222 Å². The Balaban J connectivity index is 0.000000140. The standard InChI is InChI=1S/2C21H22F4N4O2.C21H23F3N4O3.C21H20F3N3O2/c1-12(30)29-9-6-16-18(11-29)26-27-19(16)20(31)28-7-4-13(5-8-28)15-3-2-14(22)10-17(15)21(23,24)25;1-13(30)29-9-6-17-14(12-29)18(27-26-17)19(31)28-10-7-20(22,8-11-28)15-4-2-3-5-16(15)21(23,24)25;1-13(29)28-9-6-17-14(12-28)18(26-25-17)19(30)27-10-7-20(31,8-11-27)15-4-2-3-5-16(15)21(22,23)24;1-26-17-9-5-2-6-14(17)18(25-26)19(28)27-12-10-20(29,11-13-27)15-7-3-4-8-16(15)21(22,23)24/h2-3,10,13H,4-9,11H2,1H3,(H,26,27);2-5H,6-12H2,1H3,(H,26,27);2-5,31H,6-12H2,1H3,(H,25,26);2-9,29H,10-13H2,1H3. The van der Waals surface area contributed by atoms with Gasteiger partial charge in [-0.15, -0.1) is 0 Å². The summed E-state index contributed by atoms with van der Waals surface area (Å²) < 4.78 is 191. The fraction of sp³-hybridized carbons (Fsp3) is 0.440. The highest BCUT2D eigenvalue weighted by atomic mass is 19.4. The first-order chi connectivity index (χ1) is 57.6. The number of carbonyl (C=O) groups excluding carboxylic acids is 7. The Kier molecular flexibility index (Phi) is 25.1. The SMILES string of the molecule is CC(=O)N1CCc2[nH]nc(C(=O)N3CCC(F)(c4ccccc4C(F)(F)F)CC3)c2C1.CC(=O)N1CCc2[nH]nc(C(=O)N3CCC(O)(c4ccccc4C(F)(F)F)CC3)c2C1.CC(=O)N1CCc2c(C(=O)N3CCC(c4ccc(F)cc4C(F)(F)F)CC3)n[nH]c2C1.Cn1nc(C(=O)N2CCC(O)(c3ccccc3C(F)(F)F)CC2)c2ccccc21. The molecule has 4 fully saturated rings. The molecule has 0 bridgehead atoms. The monoisotopic (exact) mass is 1720 g/mol. The molecule has 0 atom stereocenters. The van der Waals surface area contributed by atoms with Gasteiger partial charge in [-0.2, -0.15) is 73.1 Å². The van der Waals surface area contributed by atoms with E-state index in [0.29, 0.717) is 106 Å². The Morgan fingerprint density at radius 1 is 0.402 bits per heavy atom. The Morgan fingerprint density at radius 3 is 1.20 bits per heavy atom. The number of piperidine rings is 4. The predicted molar refractivity (Wildman–Crippen MR) is 410 cm³/mol. The number of rotatable bonds is 8. The summed E-state index contributed by atoms with van der Waals surface area (Å²) in [4.78, 5) is 98.0. The molecule has 7 aliphatic rings. The minimum atomic E-state index is -4.65. The van der Waals surface area contributed by atoms with E-state index >= 15 is 4.39 Å². The zero-order valence-corrected chi connectivity index (χ0v) is 66.6. The number of aromatic nitrogens is 8. The lowest BCUT2D eigenvalue weighted by atomic mass is 9.81. The normalized spacial score (nSPS) is 18.0. The molecule has 4 aromatic heterocycles. The van der Waals surface area contributed by atoms with Crippen molar-refractivity contribution in [1.82, 2.24) is 74.7 Å². The van der Waals surface area contributed by atoms with Crippen molar-refractivity contribution < 1.29 is 105 Å². The number of para-hydroxylation sites is 1. The van der Waals surface area contributed by atoms with Gasteiger partial charge in [-0.1, -0.05) is 78.9 Å². The summed E-state index contributed by atoms with van der Waals surface area (Å²) in [5, 5.41) is 48.0. The van der Waals surface area contributed by atoms with Gasteiger partial charge in [0.25, 0.3) is 23.6 Å². The third kappa shape index (κ3) is 18.6. The van der Waals surface area contributed by atoms with E-state index in [0.717, 1.165) is 57.8 Å². The van der Waals surface area contributed by atoms with Crippen molar-refractivity contribution in [3.63, 3.8) is 0 Å². The lowest BCUT2D eigenvalue weighted by Gasteiger charge is -2.39. The van der Waals surface area contributed by atoms with Crippen LogP contribution < -0.4 is 0 Å². The van der Waals surface area contributed by atoms with E-state index in [2.05, 4.69) is 35.7 Å². The van der Waals surface area contributed by atoms with Gasteiger partial charge in [0.2, 0.25) is 17.7 Å². The van der Waals surface area contributed by atoms with Gasteiger partial charge in [0.15, 0.2) is 22.8 Å². The summed E-state index contributed by atoms with van der Waals surface area (Å²) in [7, 11) is 1.75. The highest BCUT2D eigenvalue weighted by molar-refractivity contribution is 6.05. The Hall–Kier alpha value is -11.6. The van der Waals surface area contributed by atoms with Crippen LogP contribution in [0.2, 0.25) is 0 Å². The van der Waals surface area contributed by atoms with Crippen LogP contribution in [-0.4, -0.2) is 198 Å². The van der Waals surface area contributed by atoms with Crippen LogP contribution in [0.3, 0.4) is 0 Å². The van der Waals surface area contributed by atoms with Gasteiger partial charge < -0.3 is 44.5 Å². The zero-order valence-electron chi connectivity index (χ0n) is 66.6. The molecule has 0 spiro atoms. The van der Waals surface area contributed by atoms with E-state index in [1.54, 1.807) is 36.2 Å².